The Morgan fingerprint density at radius 1 is 1.12 bits per heavy atom. The van der Waals surface area contributed by atoms with Crippen molar-refractivity contribution in [3.8, 4) is 17.5 Å². The van der Waals surface area contributed by atoms with Crippen LogP contribution in [0.15, 0.2) is 42.5 Å². The van der Waals surface area contributed by atoms with Crippen LogP contribution in [0, 0.1) is 24.5 Å². The van der Waals surface area contributed by atoms with Gasteiger partial charge in [0.2, 0.25) is 5.91 Å². The van der Waals surface area contributed by atoms with Crippen LogP contribution >= 0.6 is 11.2 Å². The number of carbonyl (C=O) groups is 1. The molecule has 1 heterocycles. The van der Waals surface area contributed by atoms with E-state index in [9.17, 15) is 20.1 Å². The molecule has 2 aromatic carbocycles. The van der Waals surface area contributed by atoms with Crippen LogP contribution in [-0.4, -0.2) is 88.6 Å². The summed E-state index contributed by atoms with van der Waals surface area (Å²) in [5, 5.41) is 37.2. The molecule has 5 atom stereocenters. The van der Waals surface area contributed by atoms with Crippen molar-refractivity contribution >= 4 is 17.1 Å². The van der Waals surface area contributed by atoms with Crippen molar-refractivity contribution in [1.29, 1.82) is 0 Å². The van der Waals surface area contributed by atoms with Crippen LogP contribution < -0.4 is 5.32 Å². The molecule has 0 bridgehead atoms. The number of aliphatic hydroxyl groups is 3. The second kappa shape index (κ2) is 16.3. The maximum Gasteiger partial charge on any atom is 0.222 e. The van der Waals surface area contributed by atoms with E-state index in [0.717, 1.165) is 34.4 Å². The van der Waals surface area contributed by atoms with Crippen LogP contribution in [0.5, 0.6) is 0 Å². The summed E-state index contributed by atoms with van der Waals surface area (Å²) in [6.45, 7) is 10.8. The van der Waals surface area contributed by atoms with Gasteiger partial charge in [-0.05, 0) is 61.6 Å². The Hall–Kier alpha value is -2.77. The number of amides is 1. The number of nitrogens with one attached hydrogen (secondary N) is 1. The van der Waals surface area contributed by atoms with Crippen molar-refractivity contribution < 1.29 is 29.6 Å². The number of aryl methyl sites for hydroxylation is 1. The quantitative estimate of drug-likeness (QED) is 0.204. The van der Waals surface area contributed by atoms with Gasteiger partial charge in [-0.1, -0.05) is 60.5 Å². The summed E-state index contributed by atoms with van der Waals surface area (Å²) in [5.74, 6) is 2.62. The molecule has 0 aromatic heterocycles. The third-order valence-corrected chi connectivity index (χ3v) is 8.41. The van der Waals surface area contributed by atoms with E-state index in [0.29, 0.717) is 32.7 Å². The lowest BCUT2D eigenvalue weighted by molar-refractivity contribution is -0.209. The number of nitrogens with zero attached hydrogens (tertiary/aromatic N) is 1. The van der Waals surface area contributed by atoms with Gasteiger partial charge in [0.05, 0.1) is 19.8 Å². The van der Waals surface area contributed by atoms with Gasteiger partial charge in [0.25, 0.3) is 0 Å². The van der Waals surface area contributed by atoms with Crippen LogP contribution in [0.25, 0.3) is 0 Å². The summed E-state index contributed by atoms with van der Waals surface area (Å²) in [6, 6.07) is 14.0. The Kier molecular flexibility index (Phi) is 13.2. The fourth-order valence-corrected chi connectivity index (χ4v) is 5.56. The Labute approximate surface area is 260 Å². The van der Waals surface area contributed by atoms with Gasteiger partial charge in [-0.15, -0.1) is 17.6 Å². The number of hydrogen-bond acceptors (Lipinski definition) is 7. The topological polar surface area (TPSA) is 111 Å². The normalized spacial score (nSPS) is 22.1. The summed E-state index contributed by atoms with van der Waals surface area (Å²) in [7, 11) is 0. The van der Waals surface area contributed by atoms with Crippen LogP contribution in [0.2, 0.25) is 0 Å². The van der Waals surface area contributed by atoms with Gasteiger partial charge in [-0.25, -0.2) is 0 Å². The van der Waals surface area contributed by atoms with Crippen molar-refractivity contribution in [3.63, 3.8) is 0 Å². The second-order valence-corrected chi connectivity index (χ2v) is 12.2. The average molecular weight is 611 g/mol. The van der Waals surface area contributed by atoms with Gasteiger partial charge in [0, 0.05) is 24.8 Å². The first-order valence-corrected chi connectivity index (χ1v) is 15.9. The molecule has 1 aliphatic rings. The minimum Gasteiger partial charge on any atom is -0.387 e. The number of terminal acetylenes is 1. The Morgan fingerprint density at radius 2 is 1.81 bits per heavy atom. The van der Waals surface area contributed by atoms with Crippen molar-refractivity contribution in [3.05, 3.63) is 70.3 Å². The smallest absolute Gasteiger partial charge is 0.222 e. The van der Waals surface area contributed by atoms with E-state index in [4.69, 9.17) is 15.9 Å². The fourth-order valence-electron chi connectivity index (χ4n) is 5.13. The molecular formula is C34H46N2O6S. The lowest BCUT2D eigenvalue weighted by atomic mass is 9.89. The highest BCUT2D eigenvalue weighted by atomic mass is 32.1. The van der Waals surface area contributed by atoms with E-state index in [1.54, 1.807) is 6.26 Å². The summed E-state index contributed by atoms with van der Waals surface area (Å²) >= 11 is 1.27. The zero-order valence-corrected chi connectivity index (χ0v) is 26.7. The van der Waals surface area contributed by atoms with E-state index in [1.807, 2.05) is 37.3 Å². The minimum absolute atomic E-state index is 0.0503. The Morgan fingerprint density at radius 3 is 2.47 bits per heavy atom. The Balaban J connectivity index is 1.51. The van der Waals surface area contributed by atoms with Crippen LogP contribution in [0.3, 0.4) is 0 Å². The van der Waals surface area contributed by atoms with Crippen molar-refractivity contribution in [1.82, 2.24) is 10.2 Å². The molecule has 4 N–H and O–H groups in total. The zero-order valence-electron chi connectivity index (χ0n) is 25.9. The molecule has 9 heteroatoms. The molecule has 1 saturated heterocycles. The van der Waals surface area contributed by atoms with Crippen molar-refractivity contribution in [2.75, 3.05) is 32.5 Å². The van der Waals surface area contributed by atoms with Crippen LogP contribution in [0.4, 0.5) is 0 Å². The lowest BCUT2D eigenvalue weighted by Gasteiger charge is -2.39. The average Bonchev–Trinajstić information content (AvgIpc) is 2.99. The van der Waals surface area contributed by atoms with Gasteiger partial charge in [-0.2, -0.15) is 0 Å². The highest BCUT2D eigenvalue weighted by Gasteiger charge is 2.43. The number of aliphatic hydroxyl groups excluding tert-OH is 3. The van der Waals surface area contributed by atoms with E-state index in [1.165, 1.54) is 11.2 Å². The summed E-state index contributed by atoms with van der Waals surface area (Å²) < 4.78 is 11.7. The largest absolute Gasteiger partial charge is 0.387 e. The van der Waals surface area contributed by atoms with Crippen molar-refractivity contribution in [2.45, 2.75) is 83.2 Å². The molecule has 8 nitrogen and oxygen atoms in total. The molecule has 0 spiro atoms. The third-order valence-electron chi connectivity index (χ3n) is 7.95. The summed E-state index contributed by atoms with van der Waals surface area (Å²) in [6.07, 6.45) is 2.81. The first-order chi connectivity index (χ1) is 20.5. The number of carbonyl (C=O) groups excluding carboxylic acids is 1. The lowest BCUT2D eigenvalue weighted by Crippen LogP contribution is -2.53. The van der Waals surface area contributed by atoms with Gasteiger partial charge >= 0.3 is 0 Å². The maximum atomic E-state index is 12.3. The summed E-state index contributed by atoms with van der Waals surface area (Å²) in [5.41, 5.74) is 4.80. The molecule has 43 heavy (non-hydrogen) atoms. The van der Waals surface area contributed by atoms with Crippen LogP contribution in [0.1, 0.15) is 61.1 Å². The molecule has 2 aromatic rings. The molecule has 0 aliphatic carbocycles. The first kappa shape index (κ1) is 34.7. The highest BCUT2D eigenvalue weighted by molar-refractivity contribution is 7.87. The van der Waals surface area contributed by atoms with E-state index in [-0.39, 0.29) is 17.9 Å². The van der Waals surface area contributed by atoms with Gasteiger partial charge in [0.15, 0.2) is 0 Å². The van der Waals surface area contributed by atoms with Crippen LogP contribution in [-0.2, 0) is 27.3 Å². The number of hydrogen-bond donors (Lipinski definition) is 4. The zero-order chi connectivity index (χ0) is 31.6. The standard InChI is InChI=1S/C34H46N2O6S/c1-7-16-36(8-2)34(4,5)22-35-29(37)15-17-41-20-25-12-10-24(11-13-25)18-27-19-26(14-9-23(27)3)33-32(40)31(39)30(38)28(42-33)21-43-6/h1,9-14,19,28,30-33,38-40H,8,15-18,20,22H2,2-6H3,(H,35,37)/t28?,30-,31+,32-,33+/m1/s1. The molecule has 3 rings (SSSR count). The monoisotopic (exact) mass is 610 g/mol. The predicted molar refractivity (Wildman–Crippen MR) is 171 cm³/mol. The third kappa shape index (κ3) is 9.61. The molecule has 0 saturated carbocycles. The maximum absolute atomic E-state index is 12.3. The molecule has 0 radical (unpaired) electrons. The number of benzene rings is 2. The Bertz CT molecular complexity index is 1310. The van der Waals surface area contributed by atoms with E-state index in [2.05, 4.69) is 54.2 Å². The first-order valence-electron chi connectivity index (χ1n) is 14.7. The predicted octanol–water partition coefficient (Wildman–Crippen LogP) is 3.19. The molecular weight excluding hydrogens is 564 g/mol. The molecule has 1 fully saturated rings. The molecule has 1 amide bonds. The van der Waals surface area contributed by atoms with Gasteiger partial charge in [-0.3, -0.25) is 9.69 Å². The van der Waals surface area contributed by atoms with E-state index < -0.39 is 30.5 Å². The number of rotatable bonds is 13. The fraction of sp³-hybridized carbons (Fsp3) is 0.529. The highest BCUT2D eigenvalue weighted by Crippen LogP contribution is 2.33. The SMILES string of the molecule is C#CCN(CC)C(C)(C)CNC(=O)CCOCc1ccc(Cc2cc([C@@H]3OC(C#SC)[C@@H](O)[C@H](O)[C@H]3O)ccc2C)cc1. The van der Waals surface area contributed by atoms with Gasteiger partial charge < -0.3 is 30.1 Å². The minimum atomic E-state index is -1.33. The van der Waals surface area contributed by atoms with E-state index >= 15 is 0 Å². The number of ether oxygens (including phenoxy) is 2. The number of likely N-dealkylation sites (N-methyl/N-ethyl adjacent to an activating group) is 1. The summed E-state index contributed by atoms with van der Waals surface area (Å²) in [4.78, 5) is 14.5. The molecule has 234 valence electrons. The van der Waals surface area contributed by atoms with Crippen molar-refractivity contribution in [2.24, 2.45) is 0 Å². The second-order valence-electron chi connectivity index (χ2n) is 11.6. The van der Waals surface area contributed by atoms with Gasteiger partial charge in [0.1, 0.15) is 30.5 Å². The molecule has 1 unspecified atom stereocenters. The molecule has 1 aliphatic heterocycles.